The number of hydrogen-bond donors (Lipinski definition) is 1. The third kappa shape index (κ3) is 6.15. The zero-order chi connectivity index (χ0) is 27.6. The third-order valence-electron chi connectivity index (χ3n) is 7.85. The number of pyridine rings is 1. The molecule has 2 saturated carbocycles. The van der Waals surface area contributed by atoms with Gasteiger partial charge in [-0.3, -0.25) is 14.6 Å². The van der Waals surface area contributed by atoms with E-state index < -0.39 is 23.8 Å². The largest absolute Gasteiger partial charge is 0.482 e. The number of benzene rings is 2. The lowest BCUT2D eigenvalue weighted by atomic mass is 9.83. The standard InChI is InChI=1S/C31H31F3N2O3/c1-19-26(7-4-8-27(19)39-28(18-37)21-11-12-21)36-30(38)29(22-5-2-3-6-22)23-13-9-20(10-14-23)24-15-25(17-35-16-24)31(32,33)34/h4,7-10,13-18,21-22,28-29H,2-3,5-6,11-12H2,1H3,(H,36,38). The van der Waals surface area contributed by atoms with Crippen molar-refractivity contribution in [1.82, 2.24) is 4.98 Å². The van der Waals surface area contributed by atoms with Gasteiger partial charge in [0, 0.05) is 35.1 Å². The zero-order valence-corrected chi connectivity index (χ0v) is 21.7. The van der Waals surface area contributed by atoms with Gasteiger partial charge < -0.3 is 10.1 Å². The molecule has 1 N–H and O–H groups in total. The Kier molecular flexibility index (Phi) is 7.73. The van der Waals surface area contributed by atoms with Crippen LogP contribution in [-0.4, -0.2) is 23.3 Å². The maximum atomic E-state index is 13.7. The summed E-state index contributed by atoms with van der Waals surface area (Å²) in [5.74, 6) is 0.457. The number of nitrogens with one attached hydrogen (secondary N) is 1. The molecule has 2 unspecified atom stereocenters. The van der Waals surface area contributed by atoms with Gasteiger partial charge in [-0.05, 0) is 67.9 Å². The smallest absolute Gasteiger partial charge is 0.417 e. The highest BCUT2D eigenvalue weighted by atomic mass is 19.4. The topological polar surface area (TPSA) is 68.3 Å². The van der Waals surface area contributed by atoms with Crippen LogP contribution in [0.25, 0.3) is 11.1 Å². The van der Waals surface area contributed by atoms with E-state index in [1.165, 1.54) is 6.20 Å². The van der Waals surface area contributed by atoms with Crippen molar-refractivity contribution in [1.29, 1.82) is 0 Å². The summed E-state index contributed by atoms with van der Waals surface area (Å²) in [6.07, 6.45) is 4.04. The summed E-state index contributed by atoms with van der Waals surface area (Å²) in [5, 5.41) is 3.09. The summed E-state index contributed by atoms with van der Waals surface area (Å²) < 4.78 is 45.4. The number of alkyl halides is 3. The van der Waals surface area contributed by atoms with Crippen molar-refractivity contribution < 1.29 is 27.5 Å². The van der Waals surface area contributed by atoms with E-state index >= 15 is 0 Å². The van der Waals surface area contributed by atoms with Crippen LogP contribution in [0.15, 0.2) is 60.9 Å². The van der Waals surface area contributed by atoms with Gasteiger partial charge in [0.1, 0.15) is 5.75 Å². The fourth-order valence-electron chi connectivity index (χ4n) is 5.46. The van der Waals surface area contributed by atoms with Gasteiger partial charge in [0.25, 0.3) is 0 Å². The first-order chi connectivity index (χ1) is 18.7. The molecular formula is C31H31F3N2O3. The minimum Gasteiger partial charge on any atom is -0.482 e. The number of halogens is 3. The minimum absolute atomic E-state index is 0.134. The van der Waals surface area contributed by atoms with Crippen LogP contribution in [0.3, 0.4) is 0 Å². The summed E-state index contributed by atoms with van der Waals surface area (Å²) in [4.78, 5) is 29.0. The van der Waals surface area contributed by atoms with Crippen LogP contribution in [-0.2, 0) is 15.8 Å². The van der Waals surface area contributed by atoms with Crippen molar-refractivity contribution in [3.63, 3.8) is 0 Å². The number of nitrogens with zero attached hydrogens (tertiary/aromatic N) is 1. The van der Waals surface area contributed by atoms with E-state index in [1.807, 2.05) is 25.1 Å². The van der Waals surface area contributed by atoms with Crippen LogP contribution in [0.2, 0.25) is 0 Å². The highest BCUT2D eigenvalue weighted by molar-refractivity contribution is 5.97. The summed E-state index contributed by atoms with van der Waals surface area (Å²) >= 11 is 0. The van der Waals surface area contributed by atoms with Crippen LogP contribution >= 0.6 is 0 Å². The molecule has 1 aromatic heterocycles. The molecule has 8 heteroatoms. The highest BCUT2D eigenvalue weighted by Gasteiger charge is 2.35. The average Bonchev–Trinajstić information content (AvgIpc) is 3.63. The molecule has 2 aliphatic carbocycles. The fraction of sp³-hybridized carbons (Fsp3) is 0.387. The molecule has 2 aliphatic rings. The van der Waals surface area contributed by atoms with E-state index in [1.54, 1.807) is 24.3 Å². The molecule has 5 rings (SSSR count). The van der Waals surface area contributed by atoms with Crippen LogP contribution in [0.5, 0.6) is 5.75 Å². The van der Waals surface area contributed by atoms with E-state index in [0.717, 1.165) is 68.2 Å². The summed E-state index contributed by atoms with van der Waals surface area (Å²) in [6, 6.07) is 13.7. The minimum atomic E-state index is -4.47. The molecule has 0 radical (unpaired) electrons. The molecule has 0 saturated heterocycles. The number of aldehydes is 1. The van der Waals surface area contributed by atoms with Gasteiger partial charge in [-0.15, -0.1) is 0 Å². The maximum Gasteiger partial charge on any atom is 0.417 e. The van der Waals surface area contributed by atoms with Crippen molar-refractivity contribution >= 4 is 17.9 Å². The first-order valence-electron chi connectivity index (χ1n) is 13.4. The normalized spacial score (nSPS) is 17.4. The second-order valence-electron chi connectivity index (χ2n) is 10.6. The molecular weight excluding hydrogens is 505 g/mol. The van der Waals surface area contributed by atoms with Gasteiger partial charge in [0.2, 0.25) is 5.91 Å². The average molecular weight is 537 g/mol. The molecule has 204 valence electrons. The molecule has 39 heavy (non-hydrogen) atoms. The van der Waals surface area contributed by atoms with Crippen molar-refractivity contribution in [2.75, 3.05) is 5.32 Å². The Morgan fingerprint density at radius 1 is 1.00 bits per heavy atom. The van der Waals surface area contributed by atoms with Crippen LogP contribution in [0, 0.1) is 18.8 Å². The number of carbonyl (C=O) groups excluding carboxylic acids is 2. The number of anilines is 1. The number of carbonyl (C=O) groups is 2. The van der Waals surface area contributed by atoms with Gasteiger partial charge in [-0.25, -0.2) is 0 Å². The van der Waals surface area contributed by atoms with Gasteiger partial charge in [0.05, 0.1) is 11.5 Å². The van der Waals surface area contributed by atoms with Crippen molar-refractivity contribution in [3.8, 4) is 16.9 Å². The molecule has 1 amide bonds. The van der Waals surface area contributed by atoms with Crippen molar-refractivity contribution in [2.24, 2.45) is 11.8 Å². The lowest BCUT2D eigenvalue weighted by molar-refractivity contribution is -0.137. The number of rotatable bonds is 9. The SMILES string of the molecule is Cc1c(NC(=O)C(c2ccc(-c3cncc(C(F)(F)F)c3)cc2)C2CCCC2)cccc1OC(C=O)C1CC1. The monoisotopic (exact) mass is 536 g/mol. The fourth-order valence-corrected chi connectivity index (χ4v) is 5.46. The Labute approximate surface area is 225 Å². The summed E-state index contributed by atoms with van der Waals surface area (Å²) in [7, 11) is 0. The Balaban J connectivity index is 1.38. The Morgan fingerprint density at radius 3 is 2.36 bits per heavy atom. The molecule has 1 heterocycles. The quantitative estimate of drug-likeness (QED) is 0.291. The number of hydrogen-bond acceptors (Lipinski definition) is 4. The van der Waals surface area contributed by atoms with E-state index in [-0.39, 0.29) is 17.7 Å². The van der Waals surface area contributed by atoms with E-state index in [9.17, 15) is 22.8 Å². The Bertz CT molecular complexity index is 1330. The maximum absolute atomic E-state index is 13.7. The Hall–Kier alpha value is -3.68. The second-order valence-corrected chi connectivity index (χ2v) is 10.6. The van der Waals surface area contributed by atoms with Crippen molar-refractivity contribution in [3.05, 3.63) is 77.6 Å². The molecule has 3 aromatic rings. The number of amides is 1. The molecule has 5 nitrogen and oxygen atoms in total. The molecule has 2 fully saturated rings. The van der Waals surface area contributed by atoms with Crippen LogP contribution in [0.1, 0.15) is 61.1 Å². The predicted octanol–water partition coefficient (Wildman–Crippen LogP) is 7.34. The highest BCUT2D eigenvalue weighted by Crippen LogP contribution is 2.40. The van der Waals surface area contributed by atoms with Crippen molar-refractivity contribution in [2.45, 2.75) is 63.6 Å². The molecule has 2 atom stereocenters. The second kappa shape index (κ2) is 11.2. The lowest BCUT2D eigenvalue weighted by Gasteiger charge is -2.24. The zero-order valence-electron chi connectivity index (χ0n) is 21.7. The van der Waals surface area contributed by atoms with E-state index in [0.29, 0.717) is 22.6 Å². The molecule has 0 bridgehead atoms. The van der Waals surface area contributed by atoms with Gasteiger partial charge in [0.15, 0.2) is 12.4 Å². The summed E-state index contributed by atoms with van der Waals surface area (Å²) in [6.45, 7) is 1.86. The lowest BCUT2D eigenvalue weighted by Crippen LogP contribution is -2.27. The first kappa shape index (κ1) is 26.9. The predicted molar refractivity (Wildman–Crippen MR) is 142 cm³/mol. The summed E-state index contributed by atoms with van der Waals surface area (Å²) in [5.41, 5.74) is 2.38. The molecule has 2 aromatic carbocycles. The van der Waals surface area contributed by atoms with E-state index in [2.05, 4.69) is 10.3 Å². The third-order valence-corrected chi connectivity index (χ3v) is 7.85. The van der Waals surface area contributed by atoms with Gasteiger partial charge >= 0.3 is 6.18 Å². The van der Waals surface area contributed by atoms with Gasteiger partial charge in [-0.2, -0.15) is 13.2 Å². The molecule has 0 spiro atoms. The number of aromatic nitrogens is 1. The first-order valence-corrected chi connectivity index (χ1v) is 13.4. The van der Waals surface area contributed by atoms with Gasteiger partial charge in [-0.1, -0.05) is 43.2 Å². The number of ether oxygens (including phenoxy) is 1. The van der Waals surface area contributed by atoms with Crippen LogP contribution in [0.4, 0.5) is 18.9 Å². The van der Waals surface area contributed by atoms with Crippen LogP contribution < -0.4 is 10.1 Å². The Morgan fingerprint density at radius 2 is 1.72 bits per heavy atom. The molecule has 0 aliphatic heterocycles. The van der Waals surface area contributed by atoms with E-state index in [4.69, 9.17) is 4.74 Å².